The van der Waals surface area contributed by atoms with E-state index in [1.54, 1.807) is 13.8 Å². The Labute approximate surface area is 120 Å². The van der Waals surface area contributed by atoms with E-state index in [1.807, 2.05) is 6.07 Å². The van der Waals surface area contributed by atoms with Crippen molar-refractivity contribution in [3.8, 4) is 6.07 Å². The van der Waals surface area contributed by atoms with E-state index in [2.05, 4.69) is 0 Å². The molecule has 1 rings (SSSR count). The number of carboxylic acid groups (broad SMARTS) is 1. The van der Waals surface area contributed by atoms with E-state index in [-0.39, 0.29) is 19.5 Å². The number of nitriles is 1. The van der Waals surface area contributed by atoms with E-state index in [4.69, 9.17) is 10.4 Å². The molecule has 0 amide bonds. The molecule has 8 heteroatoms. The number of nitrogens with zero attached hydrogens (tertiary/aromatic N) is 3. The van der Waals surface area contributed by atoms with Crippen molar-refractivity contribution in [1.29, 1.82) is 5.26 Å². The molecule has 1 N–H and O–H groups in total. The molecule has 1 heterocycles. The molecule has 0 spiro atoms. The Morgan fingerprint density at radius 2 is 2.20 bits per heavy atom. The normalized spacial score (nSPS) is 24.5. The van der Waals surface area contributed by atoms with Gasteiger partial charge in [-0.1, -0.05) is 6.92 Å². The summed E-state index contributed by atoms with van der Waals surface area (Å²) in [5.74, 6) is -1.63. The number of piperidine rings is 1. The van der Waals surface area contributed by atoms with Gasteiger partial charge in [-0.25, -0.2) is 0 Å². The van der Waals surface area contributed by atoms with Crippen LogP contribution in [-0.2, 0) is 15.0 Å². The summed E-state index contributed by atoms with van der Waals surface area (Å²) in [5, 5.41) is 17.7. The van der Waals surface area contributed by atoms with Gasteiger partial charge in [-0.3, -0.25) is 4.79 Å². The highest BCUT2D eigenvalue weighted by Gasteiger charge is 2.40. The van der Waals surface area contributed by atoms with Crippen LogP contribution in [0.15, 0.2) is 0 Å². The molecule has 0 aromatic carbocycles. The standard InChI is InChI=1S/C12H21N3O4S/c1-3-14(8-5-7-13)20(18,19)15-9-4-6-11(10(15)2)12(16)17/h10-11H,3-6,8-9H2,1-2H3,(H,16,17)/t10-,11-/m0/s1. The quantitative estimate of drug-likeness (QED) is 0.776. The van der Waals surface area contributed by atoms with E-state index in [1.165, 1.54) is 8.61 Å². The summed E-state index contributed by atoms with van der Waals surface area (Å²) >= 11 is 0. The molecule has 0 bridgehead atoms. The molecule has 0 aliphatic carbocycles. The van der Waals surface area contributed by atoms with Crippen molar-refractivity contribution < 1.29 is 18.3 Å². The van der Waals surface area contributed by atoms with Gasteiger partial charge < -0.3 is 5.11 Å². The lowest BCUT2D eigenvalue weighted by molar-refractivity contribution is -0.144. The first-order chi connectivity index (χ1) is 9.36. The monoisotopic (exact) mass is 303 g/mol. The maximum atomic E-state index is 12.6. The number of rotatable bonds is 6. The lowest BCUT2D eigenvalue weighted by Gasteiger charge is -2.38. The Morgan fingerprint density at radius 3 is 2.70 bits per heavy atom. The molecule has 1 saturated heterocycles. The van der Waals surface area contributed by atoms with Crippen LogP contribution in [0.1, 0.15) is 33.1 Å². The molecule has 0 radical (unpaired) electrons. The van der Waals surface area contributed by atoms with Crippen molar-refractivity contribution in [3.05, 3.63) is 0 Å². The molecule has 114 valence electrons. The lowest BCUT2D eigenvalue weighted by atomic mass is 9.92. The number of hydrogen-bond donors (Lipinski definition) is 1. The molecule has 0 aromatic heterocycles. The Morgan fingerprint density at radius 1 is 1.55 bits per heavy atom. The van der Waals surface area contributed by atoms with Gasteiger partial charge in [-0.2, -0.15) is 22.3 Å². The van der Waals surface area contributed by atoms with Gasteiger partial charge in [0, 0.05) is 32.1 Å². The molecule has 0 saturated carbocycles. The highest BCUT2D eigenvalue weighted by atomic mass is 32.2. The van der Waals surface area contributed by atoms with Gasteiger partial charge >= 0.3 is 5.97 Å². The topological polar surface area (TPSA) is 102 Å². The molecular formula is C12H21N3O4S. The first-order valence-corrected chi connectivity index (χ1v) is 8.12. The molecule has 0 aromatic rings. The maximum Gasteiger partial charge on any atom is 0.308 e. The van der Waals surface area contributed by atoms with Crippen LogP contribution in [0.3, 0.4) is 0 Å². The largest absolute Gasteiger partial charge is 0.481 e. The van der Waals surface area contributed by atoms with E-state index >= 15 is 0 Å². The second-order valence-corrected chi connectivity index (χ2v) is 6.73. The number of carboxylic acids is 1. The molecule has 0 unspecified atom stereocenters. The number of aliphatic carboxylic acids is 1. The third-order valence-corrected chi connectivity index (χ3v) is 5.90. The first-order valence-electron chi connectivity index (χ1n) is 6.72. The van der Waals surface area contributed by atoms with Gasteiger partial charge in [0.2, 0.25) is 0 Å². The fraction of sp³-hybridized carbons (Fsp3) is 0.833. The number of carbonyl (C=O) groups is 1. The zero-order valence-electron chi connectivity index (χ0n) is 11.8. The summed E-state index contributed by atoms with van der Waals surface area (Å²) in [6.45, 7) is 4.07. The molecule has 1 fully saturated rings. The van der Waals surface area contributed by atoms with E-state index in [0.717, 1.165) is 0 Å². The van der Waals surface area contributed by atoms with Gasteiger partial charge in [0.15, 0.2) is 0 Å². The molecule has 1 aliphatic heterocycles. The van der Waals surface area contributed by atoms with Crippen LogP contribution < -0.4 is 0 Å². The van der Waals surface area contributed by atoms with Crippen LogP contribution in [0.5, 0.6) is 0 Å². The van der Waals surface area contributed by atoms with Crippen LogP contribution in [-0.4, -0.2) is 53.8 Å². The molecule has 2 atom stereocenters. The SMILES string of the molecule is CCN(CCC#N)S(=O)(=O)N1CCC[C@H](C(=O)O)[C@@H]1C. The first kappa shape index (κ1) is 16.9. The van der Waals surface area contributed by atoms with E-state index < -0.39 is 28.1 Å². The Kier molecular flexibility index (Phi) is 5.92. The van der Waals surface area contributed by atoms with Crippen LogP contribution in [0, 0.1) is 17.2 Å². The maximum absolute atomic E-state index is 12.6. The summed E-state index contributed by atoms with van der Waals surface area (Å²) in [4.78, 5) is 11.2. The fourth-order valence-corrected chi connectivity index (χ4v) is 4.40. The second-order valence-electron chi connectivity index (χ2n) is 4.85. The number of hydrogen-bond acceptors (Lipinski definition) is 4. The smallest absolute Gasteiger partial charge is 0.308 e. The van der Waals surface area contributed by atoms with Crippen LogP contribution in [0.4, 0.5) is 0 Å². The van der Waals surface area contributed by atoms with E-state index in [0.29, 0.717) is 19.4 Å². The minimum atomic E-state index is -3.71. The Hall–Kier alpha value is -1.17. The van der Waals surface area contributed by atoms with Gasteiger partial charge in [0.05, 0.1) is 12.0 Å². The minimum absolute atomic E-state index is 0.123. The Balaban J connectivity index is 2.95. The van der Waals surface area contributed by atoms with Crippen molar-refractivity contribution in [3.63, 3.8) is 0 Å². The predicted molar refractivity (Wildman–Crippen MR) is 72.9 cm³/mol. The summed E-state index contributed by atoms with van der Waals surface area (Å²) in [5.41, 5.74) is 0. The third-order valence-electron chi connectivity index (χ3n) is 3.70. The van der Waals surface area contributed by atoms with Crippen molar-refractivity contribution in [1.82, 2.24) is 8.61 Å². The summed E-state index contributed by atoms with van der Waals surface area (Å²) in [7, 11) is -3.71. The summed E-state index contributed by atoms with van der Waals surface area (Å²) in [6, 6.07) is 1.36. The summed E-state index contributed by atoms with van der Waals surface area (Å²) < 4.78 is 27.6. The zero-order valence-corrected chi connectivity index (χ0v) is 12.6. The van der Waals surface area contributed by atoms with Crippen LogP contribution >= 0.6 is 0 Å². The fourth-order valence-electron chi connectivity index (χ4n) is 2.53. The van der Waals surface area contributed by atoms with Gasteiger partial charge in [0.1, 0.15) is 0 Å². The summed E-state index contributed by atoms with van der Waals surface area (Å²) in [6.07, 6.45) is 1.15. The second kappa shape index (κ2) is 7.02. The van der Waals surface area contributed by atoms with Crippen molar-refractivity contribution >= 4 is 16.2 Å². The molecule has 20 heavy (non-hydrogen) atoms. The predicted octanol–water partition coefficient (Wildman–Crippen LogP) is 0.652. The van der Waals surface area contributed by atoms with Crippen molar-refractivity contribution in [2.45, 2.75) is 39.2 Å². The van der Waals surface area contributed by atoms with Crippen LogP contribution in [0.2, 0.25) is 0 Å². The minimum Gasteiger partial charge on any atom is -0.481 e. The highest BCUT2D eigenvalue weighted by molar-refractivity contribution is 7.86. The van der Waals surface area contributed by atoms with Gasteiger partial charge in [-0.05, 0) is 19.8 Å². The van der Waals surface area contributed by atoms with E-state index in [9.17, 15) is 13.2 Å². The lowest BCUT2D eigenvalue weighted by Crippen LogP contribution is -2.54. The van der Waals surface area contributed by atoms with Crippen molar-refractivity contribution in [2.24, 2.45) is 5.92 Å². The zero-order chi connectivity index (χ0) is 15.3. The Bertz CT molecular complexity index is 485. The molecular weight excluding hydrogens is 282 g/mol. The average Bonchev–Trinajstić information content (AvgIpc) is 2.39. The molecule has 7 nitrogen and oxygen atoms in total. The van der Waals surface area contributed by atoms with Gasteiger partial charge in [0.25, 0.3) is 10.2 Å². The van der Waals surface area contributed by atoms with Crippen molar-refractivity contribution in [2.75, 3.05) is 19.6 Å². The third kappa shape index (κ3) is 3.48. The van der Waals surface area contributed by atoms with Crippen LogP contribution in [0.25, 0.3) is 0 Å². The van der Waals surface area contributed by atoms with Gasteiger partial charge in [-0.15, -0.1) is 0 Å². The average molecular weight is 303 g/mol. The molecule has 1 aliphatic rings. The highest BCUT2D eigenvalue weighted by Crippen LogP contribution is 2.27.